The molecule has 3 rings (SSSR count). The van der Waals surface area contributed by atoms with Crippen LogP contribution < -0.4 is 5.56 Å². The molecule has 0 aliphatic heterocycles. The van der Waals surface area contributed by atoms with Gasteiger partial charge in [0.15, 0.2) is 0 Å². The number of benzene rings is 1. The maximum Gasteiger partial charge on any atom is 0.339 e. The maximum absolute atomic E-state index is 12.1. The number of hydrogen-bond acceptors (Lipinski definition) is 3. The molecule has 3 aromatic rings. The molecule has 0 aliphatic rings. The fourth-order valence-electron chi connectivity index (χ4n) is 2.17. The predicted octanol–water partition coefficient (Wildman–Crippen LogP) is 2.72. The summed E-state index contributed by atoms with van der Waals surface area (Å²) >= 11 is 3.36. The summed E-state index contributed by atoms with van der Waals surface area (Å²) < 4.78 is 7.53. The molecule has 0 aliphatic carbocycles. The van der Waals surface area contributed by atoms with Crippen LogP contribution in [-0.2, 0) is 4.74 Å². The van der Waals surface area contributed by atoms with Crippen molar-refractivity contribution < 1.29 is 9.53 Å². The second-order valence-electron chi connectivity index (χ2n) is 4.32. The first-order valence-corrected chi connectivity index (χ1v) is 6.90. The van der Waals surface area contributed by atoms with E-state index in [-0.39, 0.29) is 5.56 Å². The highest BCUT2D eigenvalue weighted by Crippen LogP contribution is 2.19. The fraction of sp³-hybridized carbons (Fsp3) is 0.143. The Hall–Kier alpha value is -2.08. The Labute approximate surface area is 122 Å². The lowest BCUT2D eigenvalue weighted by Gasteiger charge is -2.02. The normalized spacial score (nSPS) is 11.1. The lowest BCUT2D eigenvalue weighted by atomic mass is 10.3. The van der Waals surface area contributed by atoms with Crippen molar-refractivity contribution in [1.82, 2.24) is 9.38 Å². The van der Waals surface area contributed by atoms with Crippen LogP contribution in [0.2, 0.25) is 0 Å². The van der Waals surface area contributed by atoms with Crippen molar-refractivity contribution in [2.45, 2.75) is 6.92 Å². The van der Waals surface area contributed by atoms with Gasteiger partial charge in [-0.2, -0.15) is 0 Å². The van der Waals surface area contributed by atoms with Gasteiger partial charge in [0.05, 0.1) is 23.2 Å². The van der Waals surface area contributed by atoms with Crippen LogP contribution in [0.15, 0.2) is 39.7 Å². The predicted molar refractivity (Wildman–Crippen MR) is 79.2 cm³/mol. The minimum Gasteiger partial charge on any atom is -0.462 e. The average molecular weight is 335 g/mol. The molecule has 2 aromatic heterocycles. The quantitative estimate of drug-likeness (QED) is 0.733. The Kier molecular flexibility index (Phi) is 3.10. The van der Waals surface area contributed by atoms with Crippen LogP contribution in [0.1, 0.15) is 17.3 Å². The first-order chi connectivity index (χ1) is 9.60. The van der Waals surface area contributed by atoms with Crippen LogP contribution in [0, 0.1) is 0 Å². The summed E-state index contributed by atoms with van der Waals surface area (Å²) in [5, 5.41) is 0. The Morgan fingerprint density at radius 2 is 2.15 bits per heavy atom. The van der Waals surface area contributed by atoms with Crippen LogP contribution in [-0.4, -0.2) is 22.0 Å². The van der Waals surface area contributed by atoms with E-state index in [2.05, 4.69) is 20.9 Å². The van der Waals surface area contributed by atoms with Crippen molar-refractivity contribution in [3.63, 3.8) is 0 Å². The van der Waals surface area contributed by atoms with Gasteiger partial charge in [0.2, 0.25) is 0 Å². The van der Waals surface area contributed by atoms with E-state index in [9.17, 15) is 9.59 Å². The van der Waals surface area contributed by atoms with E-state index in [0.717, 1.165) is 9.99 Å². The van der Waals surface area contributed by atoms with Crippen LogP contribution in [0.4, 0.5) is 0 Å². The largest absolute Gasteiger partial charge is 0.462 e. The maximum atomic E-state index is 12.1. The number of carbonyl (C=O) groups is 1. The number of fused-ring (bicyclic) bond motifs is 3. The minimum absolute atomic E-state index is 0.244. The molecule has 0 amide bonds. The van der Waals surface area contributed by atoms with Gasteiger partial charge in [-0.15, -0.1) is 0 Å². The monoisotopic (exact) mass is 334 g/mol. The number of carbonyl (C=O) groups excluding carboxylic acids is 1. The number of halogens is 1. The molecule has 0 saturated carbocycles. The van der Waals surface area contributed by atoms with Crippen molar-refractivity contribution in [3.05, 3.63) is 50.9 Å². The molecule has 2 heterocycles. The Morgan fingerprint density at radius 1 is 1.35 bits per heavy atom. The van der Waals surface area contributed by atoms with Gasteiger partial charge < -0.3 is 14.1 Å². The molecule has 0 unspecified atom stereocenters. The molecule has 5 nitrogen and oxygen atoms in total. The molecular formula is C14H11BrN2O3. The van der Waals surface area contributed by atoms with Gasteiger partial charge >= 0.3 is 5.97 Å². The van der Waals surface area contributed by atoms with Crippen molar-refractivity contribution in [2.24, 2.45) is 0 Å². The zero-order chi connectivity index (χ0) is 14.3. The molecule has 1 aromatic carbocycles. The lowest BCUT2D eigenvalue weighted by Crippen LogP contribution is -2.09. The van der Waals surface area contributed by atoms with Gasteiger partial charge in [0.1, 0.15) is 5.52 Å². The van der Waals surface area contributed by atoms with Crippen molar-refractivity contribution >= 4 is 38.4 Å². The summed E-state index contributed by atoms with van der Waals surface area (Å²) in [5.74, 6) is -0.430. The highest BCUT2D eigenvalue weighted by atomic mass is 79.9. The number of aromatic amines is 1. The molecule has 0 saturated heterocycles. The highest BCUT2D eigenvalue weighted by molar-refractivity contribution is 9.10. The third-order valence-electron chi connectivity index (χ3n) is 3.03. The van der Waals surface area contributed by atoms with E-state index < -0.39 is 5.97 Å². The number of nitrogens with one attached hydrogen (secondary N) is 1. The van der Waals surface area contributed by atoms with Crippen LogP contribution in [0.5, 0.6) is 0 Å². The van der Waals surface area contributed by atoms with E-state index in [4.69, 9.17) is 4.74 Å². The van der Waals surface area contributed by atoms with Crippen molar-refractivity contribution in [2.75, 3.05) is 6.61 Å². The zero-order valence-corrected chi connectivity index (χ0v) is 12.2. The summed E-state index contributed by atoms with van der Waals surface area (Å²) in [6.45, 7) is 2.04. The smallest absolute Gasteiger partial charge is 0.339 e. The molecule has 0 spiro atoms. The first kappa shape index (κ1) is 12.9. The lowest BCUT2D eigenvalue weighted by molar-refractivity contribution is 0.0526. The molecule has 0 radical (unpaired) electrons. The first-order valence-electron chi connectivity index (χ1n) is 6.11. The van der Waals surface area contributed by atoms with Crippen LogP contribution in [0.25, 0.3) is 16.6 Å². The zero-order valence-electron chi connectivity index (χ0n) is 10.6. The molecule has 102 valence electrons. The molecule has 6 heteroatoms. The third-order valence-corrected chi connectivity index (χ3v) is 3.52. The second kappa shape index (κ2) is 4.79. The van der Waals surface area contributed by atoms with Gasteiger partial charge in [-0.05, 0) is 31.2 Å². The summed E-state index contributed by atoms with van der Waals surface area (Å²) in [7, 11) is 0. The van der Waals surface area contributed by atoms with E-state index in [1.807, 2.05) is 18.2 Å². The second-order valence-corrected chi connectivity index (χ2v) is 5.24. The van der Waals surface area contributed by atoms with Gasteiger partial charge in [0, 0.05) is 10.7 Å². The molecule has 20 heavy (non-hydrogen) atoms. The minimum atomic E-state index is -0.430. The summed E-state index contributed by atoms with van der Waals surface area (Å²) in [4.78, 5) is 26.6. The van der Waals surface area contributed by atoms with E-state index in [1.54, 1.807) is 17.5 Å². The van der Waals surface area contributed by atoms with Gasteiger partial charge in [-0.1, -0.05) is 15.9 Å². The Balaban J connectivity index is 2.32. The number of ether oxygens (including phenoxy) is 1. The highest BCUT2D eigenvalue weighted by Gasteiger charge is 2.13. The topological polar surface area (TPSA) is 63.6 Å². The summed E-state index contributed by atoms with van der Waals surface area (Å²) in [6.07, 6.45) is 1.62. The molecular weight excluding hydrogens is 324 g/mol. The van der Waals surface area contributed by atoms with Crippen molar-refractivity contribution in [1.29, 1.82) is 0 Å². The van der Waals surface area contributed by atoms with E-state index in [0.29, 0.717) is 23.2 Å². The van der Waals surface area contributed by atoms with Gasteiger partial charge in [0.25, 0.3) is 5.56 Å². The fourth-order valence-corrected chi connectivity index (χ4v) is 2.53. The third kappa shape index (κ3) is 2.02. The number of nitrogens with zero attached hydrogens (tertiary/aromatic N) is 1. The van der Waals surface area contributed by atoms with Crippen LogP contribution in [0.3, 0.4) is 0 Å². The van der Waals surface area contributed by atoms with Gasteiger partial charge in [-0.25, -0.2) is 4.79 Å². The summed E-state index contributed by atoms with van der Waals surface area (Å²) in [5.41, 5.74) is 2.06. The van der Waals surface area contributed by atoms with Crippen LogP contribution >= 0.6 is 15.9 Å². The molecule has 0 bridgehead atoms. The van der Waals surface area contributed by atoms with E-state index >= 15 is 0 Å². The number of hydrogen-bond donors (Lipinski definition) is 1. The molecule has 0 fully saturated rings. The summed E-state index contributed by atoms with van der Waals surface area (Å²) in [6, 6.07) is 7.11. The Bertz CT molecular complexity index is 879. The number of rotatable bonds is 2. The van der Waals surface area contributed by atoms with Gasteiger partial charge in [-0.3, -0.25) is 4.79 Å². The molecule has 0 atom stereocenters. The standard InChI is InChI=1S/C14H11BrN2O3/c1-2-20-14(19)8-5-12-13(18)16-10-6-9(15)3-4-11(10)17(12)7-8/h3-7H,2H2,1H3,(H,16,18). The Morgan fingerprint density at radius 3 is 2.90 bits per heavy atom. The SMILES string of the molecule is CCOC(=O)c1cc2c(=O)[nH]c3cc(Br)ccc3n2c1. The van der Waals surface area contributed by atoms with E-state index in [1.165, 1.54) is 6.07 Å². The number of aromatic nitrogens is 2. The molecule has 1 N–H and O–H groups in total. The average Bonchev–Trinajstić information content (AvgIpc) is 2.84. The number of H-pyrrole nitrogens is 1. The van der Waals surface area contributed by atoms with Crippen molar-refractivity contribution in [3.8, 4) is 0 Å². The number of esters is 1.